The van der Waals surface area contributed by atoms with Crippen LogP contribution in [0.3, 0.4) is 0 Å². The smallest absolute Gasteiger partial charge is 0.295 e. The van der Waals surface area contributed by atoms with E-state index in [1.165, 1.54) is 4.90 Å². The molecule has 1 fully saturated rings. The number of nitrogens with zero attached hydrogens (tertiary/aromatic N) is 1. The van der Waals surface area contributed by atoms with Crippen LogP contribution in [-0.4, -0.2) is 61.3 Å². The lowest BCUT2D eigenvalue weighted by Gasteiger charge is -2.26. The van der Waals surface area contributed by atoms with Crippen LogP contribution in [-0.2, 0) is 20.7 Å². The Morgan fingerprint density at radius 3 is 2.73 bits per heavy atom. The highest BCUT2D eigenvalue weighted by Crippen LogP contribution is 2.43. The Hall–Kier alpha value is -3.78. The molecule has 2 atom stereocenters. The number of Topliss-reactive ketones (excluding diaryl/α,β-unsaturated/α-hetero) is 1. The minimum atomic E-state index is -0.798. The Kier molecular flexibility index (Phi) is 8.18. The number of ether oxygens (including phenoxy) is 4. The van der Waals surface area contributed by atoms with E-state index < -0.39 is 17.7 Å². The van der Waals surface area contributed by atoms with Crippen molar-refractivity contribution in [3.8, 4) is 17.2 Å². The van der Waals surface area contributed by atoms with E-state index in [4.69, 9.17) is 18.9 Å². The summed E-state index contributed by atoms with van der Waals surface area (Å²) >= 11 is 0. The van der Waals surface area contributed by atoms with Crippen LogP contribution in [0.2, 0.25) is 0 Å². The summed E-state index contributed by atoms with van der Waals surface area (Å²) in [7, 11) is 1.58. The first-order chi connectivity index (χ1) is 17.9. The second-order valence-electron chi connectivity index (χ2n) is 9.03. The predicted molar refractivity (Wildman–Crippen MR) is 139 cm³/mol. The fourth-order valence-electron chi connectivity index (χ4n) is 4.79. The van der Waals surface area contributed by atoms with Gasteiger partial charge in [-0.15, -0.1) is 0 Å². The van der Waals surface area contributed by atoms with Gasteiger partial charge in [0.05, 0.1) is 18.2 Å². The molecule has 2 aromatic rings. The number of carbonyl (C=O) groups is 2. The Morgan fingerprint density at radius 1 is 1.19 bits per heavy atom. The minimum absolute atomic E-state index is 0.0385. The maximum absolute atomic E-state index is 13.3. The first-order valence-electron chi connectivity index (χ1n) is 12.5. The zero-order chi connectivity index (χ0) is 26.5. The lowest BCUT2D eigenvalue weighted by atomic mass is 9.94. The number of likely N-dealkylation sites (tertiary alicyclic amines) is 1. The number of benzene rings is 2. The molecule has 2 aromatic carbocycles. The van der Waals surface area contributed by atoms with E-state index in [0.29, 0.717) is 55.3 Å². The topological polar surface area (TPSA) is 94.5 Å². The van der Waals surface area contributed by atoms with Crippen LogP contribution in [0.4, 0.5) is 0 Å². The molecule has 1 amide bonds. The van der Waals surface area contributed by atoms with Crippen LogP contribution in [0.1, 0.15) is 43.0 Å². The highest BCUT2D eigenvalue weighted by atomic mass is 16.5. The first kappa shape index (κ1) is 26.3. The van der Waals surface area contributed by atoms with E-state index in [9.17, 15) is 14.7 Å². The van der Waals surface area contributed by atoms with Crippen molar-refractivity contribution < 1.29 is 33.6 Å². The molecule has 4 rings (SSSR count). The fourth-order valence-corrected chi connectivity index (χ4v) is 4.79. The molecule has 0 aromatic heterocycles. The van der Waals surface area contributed by atoms with Crippen LogP contribution in [0.5, 0.6) is 17.2 Å². The van der Waals surface area contributed by atoms with Gasteiger partial charge in [-0.2, -0.15) is 0 Å². The summed E-state index contributed by atoms with van der Waals surface area (Å²) in [6, 6.07) is 9.80. The third kappa shape index (κ3) is 5.34. The van der Waals surface area contributed by atoms with Crippen molar-refractivity contribution in [1.82, 2.24) is 4.90 Å². The first-order valence-corrected chi connectivity index (χ1v) is 12.5. The van der Waals surface area contributed by atoms with Gasteiger partial charge in [0, 0.05) is 32.2 Å². The standard InChI is InChI=1S/C29H33NO7/c1-5-13-36-23-11-8-19(17-24(23)35-6-2)26-25(28(32)29(33)30(26)12-7-14-34-4)27(31)20-9-10-22-21(16-20)15-18(3)37-22/h5,8-11,16-18,26,31H,1,6-7,12-15H2,2-4H3/t18-,26+/m0/s1. The van der Waals surface area contributed by atoms with Crippen molar-refractivity contribution >= 4 is 17.4 Å². The lowest BCUT2D eigenvalue weighted by Crippen LogP contribution is -2.31. The Bertz CT molecular complexity index is 1220. The molecule has 1 N–H and O–H groups in total. The predicted octanol–water partition coefficient (Wildman–Crippen LogP) is 4.43. The molecule has 8 heteroatoms. The number of carbonyl (C=O) groups excluding carboxylic acids is 2. The molecule has 37 heavy (non-hydrogen) atoms. The van der Waals surface area contributed by atoms with E-state index in [1.54, 1.807) is 43.5 Å². The molecule has 0 spiro atoms. The highest BCUT2D eigenvalue weighted by molar-refractivity contribution is 6.46. The average Bonchev–Trinajstić information content (AvgIpc) is 3.38. The van der Waals surface area contributed by atoms with Gasteiger partial charge in [0.1, 0.15) is 24.2 Å². The van der Waals surface area contributed by atoms with Crippen LogP contribution in [0.15, 0.2) is 54.6 Å². The van der Waals surface area contributed by atoms with Crippen molar-refractivity contribution in [3.63, 3.8) is 0 Å². The number of hydrogen-bond acceptors (Lipinski definition) is 7. The third-order valence-corrected chi connectivity index (χ3v) is 6.40. The van der Waals surface area contributed by atoms with Gasteiger partial charge in [-0.25, -0.2) is 0 Å². The summed E-state index contributed by atoms with van der Waals surface area (Å²) in [5.41, 5.74) is 2.08. The van der Waals surface area contributed by atoms with E-state index in [1.807, 2.05) is 19.9 Å². The monoisotopic (exact) mass is 507 g/mol. The quantitative estimate of drug-likeness (QED) is 0.158. The molecule has 0 bridgehead atoms. The van der Waals surface area contributed by atoms with E-state index in [0.717, 1.165) is 11.3 Å². The van der Waals surface area contributed by atoms with Gasteiger partial charge in [0.2, 0.25) is 0 Å². The van der Waals surface area contributed by atoms with Crippen LogP contribution < -0.4 is 14.2 Å². The second kappa shape index (κ2) is 11.5. The number of methoxy groups -OCH3 is 1. The van der Waals surface area contributed by atoms with Gasteiger partial charge in [-0.3, -0.25) is 9.59 Å². The minimum Gasteiger partial charge on any atom is -0.507 e. The normalized spacial score (nSPS) is 20.0. The molecule has 0 saturated carbocycles. The van der Waals surface area contributed by atoms with Crippen molar-refractivity contribution in [1.29, 1.82) is 0 Å². The average molecular weight is 508 g/mol. The van der Waals surface area contributed by atoms with Crippen LogP contribution in [0.25, 0.3) is 5.76 Å². The van der Waals surface area contributed by atoms with Crippen molar-refractivity contribution in [2.45, 2.75) is 38.8 Å². The Labute approximate surface area is 217 Å². The molecule has 0 unspecified atom stereocenters. The summed E-state index contributed by atoms with van der Waals surface area (Å²) in [4.78, 5) is 28.0. The molecule has 8 nitrogen and oxygen atoms in total. The van der Waals surface area contributed by atoms with Gasteiger partial charge in [-0.1, -0.05) is 18.7 Å². The number of hydrogen-bond donors (Lipinski definition) is 1. The van der Waals surface area contributed by atoms with Gasteiger partial charge in [0.25, 0.3) is 11.7 Å². The maximum atomic E-state index is 13.3. The molecule has 2 aliphatic rings. The van der Waals surface area contributed by atoms with Gasteiger partial charge < -0.3 is 29.0 Å². The second-order valence-corrected chi connectivity index (χ2v) is 9.03. The molecule has 1 saturated heterocycles. The number of rotatable bonds is 11. The van der Waals surface area contributed by atoms with Crippen molar-refractivity contribution in [2.75, 3.05) is 33.5 Å². The fraction of sp³-hybridized carbons (Fsp3) is 0.379. The largest absolute Gasteiger partial charge is 0.507 e. The molecule has 2 aliphatic heterocycles. The molecule has 196 valence electrons. The third-order valence-electron chi connectivity index (χ3n) is 6.40. The maximum Gasteiger partial charge on any atom is 0.295 e. The lowest BCUT2D eigenvalue weighted by molar-refractivity contribution is -0.140. The van der Waals surface area contributed by atoms with Gasteiger partial charge >= 0.3 is 0 Å². The molecule has 0 aliphatic carbocycles. The van der Waals surface area contributed by atoms with E-state index in [-0.39, 0.29) is 24.0 Å². The molecular formula is C29H33NO7. The summed E-state index contributed by atoms with van der Waals surface area (Å²) in [5.74, 6) is 0.158. The zero-order valence-corrected chi connectivity index (χ0v) is 21.5. The number of fused-ring (bicyclic) bond motifs is 1. The zero-order valence-electron chi connectivity index (χ0n) is 21.5. The van der Waals surface area contributed by atoms with E-state index in [2.05, 4.69) is 6.58 Å². The van der Waals surface area contributed by atoms with Gasteiger partial charge in [0.15, 0.2) is 11.5 Å². The highest BCUT2D eigenvalue weighted by Gasteiger charge is 2.46. The van der Waals surface area contributed by atoms with Crippen LogP contribution >= 0.6 is 0 Å². The molecule has 0 radical (unpaired) electrons. The SMILES string of the molecule is C=CCOc1ccc([C@@H]2C(=C(O)c3ccc4c(c3)C[C@H](C)O4)C(=O)C(=O)N2CCCOC)cc1OCC. The number of aliphatic hydroxyl groups excluding tert-OH is 1. The summed E-state index contributed by atoms with van der Waals surface area (Å²) < 4.78 is 22.5. The van der Waals surface area contributed by atoms with Crippen molar-refractivity contribution in [3.05, 3.63) is 71.3 Å². The Morgan fingerprint density at radius 2 is 2.00 bits per heavy atom. The summed E-state index contributed by atoms with van der Waals surface area (Å²) in [6.07, 6.45) is 2.91. The van der Waals surface area contributed by atoms with Crippen LogP contribution in [0, 0.1) is 0 Å². The molecule has 2 heterocycles. The Balaban J connectivity index is 1.81. The van der Waals surface area contributed by atoms with Gasteiger partial charge in [-0.05, 0) is 61.7 Å². The number of aliphatic hydroxyl groups is 1. The number of ketones is 1. The molecular weight excluding hydrogens is 474 g/mol. The van der Waals surface area contributed by atoms with E-state index >= 15 is 0 Å². The number of amides is 1. The van der Waals surface area contributed by atoms with Crippen molar-refractivity contribution in [2.24, 2.45) is 0 Å². The summed E-state index contributed by atoms with van der Waals surface area (Å²) in [6.45, 7) is 8.93. The summed E-state index contributed by atoms with van der Waals surface area (Å²) in [5, 5.41) is 11.4.